The number of hydrogen-bond acceptors (Lipinski definition) is 5. The normalized spacial score (nSPS) is 27.7. The SMILES string of the molecule is CCOC(=O)CC[C@H]1OC(C)(C)O[C@@H]1C=O. The van der Waals surface area contributed by atoms with E-state index in [2.05, 4.69) is 0 Å². The van der Waals surface area contributed by atoms with Gasteiger partial charge in [-0.05, 0) is 27.2 Å². The molecule has 0 aromatic carbocycles. The highest BCUT2D eigenvalue weighted by Gasteiger charge is 2.40. The Bertz CT molecular complexity index is 261. The van der Waals surface area contributed by atoms with Crippen molar-refractivity contribution >= 4 is 12.3 Å². The topological polar surface area (TPSA) is 61.8 Å². The second-order valence-electron chi connectivity index (χ2n) is 4.12. The molecule has 2 atom stereocenters. The van der Waals surface area contributed by atoms with Crippen molar-refractivity contribution in [1.82, 2.24) is 0 Å². The molecule has 0 bridgehead atoms. The maximum Gasteiger partial charge on any atom is 0.305 e. The summed E-state index contributed by atoms with van der Waals surface area (Å²) in [6.45, 7) is 5.61. The quantitative estimate of drug-likeness (QED) is 0.522. The number of carbonyl (C=O) groups is 2. The lowest BCUT2D eigenvalue weighted by Crippen LogP contribution is -2.24. The summed E-state index contributed by atoms with van der Waals surface area (Å²) < 4.78 is 15.7. The highest BCUT2D eigenvalue weighted by molar-refractivity contribution is 5.69. The zero-order valence-electron chi connectivity index (χ0n) is 9.89. The largest absolute Gasteiger partial charge is 0.466 e. The zero-order valence-corrected chi connectivity index (χ0v) is 9.89. The van der Waals surface area contributed by atoms with E-state index in [0.717, 1.165) is 0 Å². The van der Waals surface area contributed by atoms with Crippen molar-refractivity contribution in [3.8, 4) is 0 Å². The molecule has 16 heavy (non-hydrogen) atoms. The number of esters is 1. The average molecular weight is 230 g/mol. The van der Waals surface area contributed by atoms with Gasteiger partial charge in [0, 0.05) is 6.42 Å². The second-order valence-corrected chi connectivity index (χ2v) is 4.12. The average Bonchev–Trinajstić information content (AvgIpc) is 2.51. The van der Waals surface area contributed by atoms with Crippen LogP contribution >= 0.6 is 0 Å². The molecule has 5 heteroatoms. The Balaban J connectivity index is 2.41. The minimum absolute atomic E-state index is 0.238. The summed E-state index contributed by atoms with van der Waals surface area (Å²) in [6.07, 6.45) is 0.430. The van der Waals surface area contributed by atoms with E-state index in [1.54, 1.807) is 20.8 Å². The number of aldehydes is 1. The zero-order chi connectivity index (χ0) is 12.2. The molecule has 1 aliphatic rings. The summed E-state index contributed by atoms with van der Waals surface area (Å²) in [7, 11) is 0. The van der Waals surface area contributed by atoms with Gasteiger partial charge < -0.3 is 19.0 Å². The van der Waals surface area contributed by atoms with E-state index in [0.29, 0.717) is 19.3 Å². The smallest absolute Gasteiger partial charge is 0.305 e. The molecule has 0 N–H and O–H groups in total. The Morgan fingerprint density at radius 1 is 1.44 bits per heavy atom. The summed E-state index contributed by atoms with van der Waals surface area (Å²) >= 11 is 0. The van der Waals surface area contributed by atoms with Gasteiger partial charge in [0.1, 0.15) is 6.10 Å². The van der Waals surface area contributed by atoms with Gasteiger partial charge in [-0.1, -0.05) is 0 Å². The fourth-order valence-corrected chi connectivity index (χ4v) is 1.69. The molecule has 0 unspecified atom stereocenters. The predicted molar refractivity (Wildman–Crippen MR) is 55.8 cm³/mol. The molecule has 1 saturated heterocycles. The number of ether oxygens (including phenoxy) is 3. The molecule has 0 aromatic rings. The van der Waals surface area contributed by atoms with E-state index >= 15 is 0 Å². The van der Waals surface area contributed by atoms with Crippen LogP contribution in [-0.2, 0) is 23.8 Å². The molecule has 0 amide bonds. The van der Waals surface area contributed by atoms with Gasteiger partial charge >= 0.3 is 5.97 Å². The van der Waals surface area contributed by atoms with Crippen LogP contribution in [0.15, 0.2) is 0 Å². The van der Waals surface area contributed by atoms with Gasteiger partial charge in [-0.2, -0.15) is 0 Å². The Morgan fingerprint density at radius 3 is 2.69 bits per heavy atom. The van der Waals surface area contributed by atoms with Gasteiger partial charge in [0.2, 0.25) is 0 Å². The number of rotatable bonds is 5. The van der Waals surface area contributed by atoms with Crippen molar-refractivity contribution in [3.05, 3.63) is 0 Å². The molecule has 0 spiro atoms. The summed E-state index contributed by atoms with van der Waals surface area (Å²) in [4.78, 5) is 21.9. The first kappa shape index (κ1) is 13.1. The van der Waals surface area contributed by atoms with Crippen LogP contribution in [0.1, 0.15) is 33.6 Å². The van der Waals surface area contributed by atoms with Gasteiger partial charge in [-0.3, -0.25) is 4.79 Å². The van der Waals surface area contributed by atoms with Crippen LogP contribution in [0.2, 0.25) is 0 Å². The molecule has 1 rings (SSSR count). The first-order valence-corrected chi connectivity index (χ1v) is 5.45. The third kappa shape index (κ3) is 3.57. The minimum atomic E-state index is -0.759. The lowest BCUT2D eigenvalue weighted by molar-refractivity contribution is -0.152. The van der Waals surface area contributed by atoms with E-state index in [1.165, 1.54) is 0 Å². The molecular weight excluding hydrogens is 212 g/mol. The van der Waals surface area contributed by atoms with Crippen LogP contribution in [0.3, 0.4) is 0 Å². The Hall–Kier alpha value is -0.940. The maximum absolute atomic E-state index is 11.1. The standard InChI is InChI=1S/C11H18O5/c1-4-14-10(13)6-5-8-9(7-12)16-11(2,3)15-8/h7-9H,4-6H2,1-3H3/t8-,9-/m1/s1. The number of hydrogen-bond donors (Lipinski definition) is 0. The van der Waals surface area contributed by atoms with Gasteiger partial charge in [0.25, 0.3) is 0 Å². The Morgan fingerprint density at radius 2 is 2.12 bits per heavy atom. The molecule has 1 heterocycles. The van der Waals surface area contributed by atoms with Crippen molar-refractivity contribution in [2.75, 3.05) is 6.61 Å². The highest BCUT2D eigenvalue weighted by atomic mass is 16.8. The highest BCUT2D eigenvalue weighted by Crippen LogP contribution is 2.29. The Kier molecular flexibility index (Phi) is 4.44. The molecule has 5 nitrogen and oxygen atoms in total. The molecule has 0 saturated carbocycles. The molecule has 1 aliphatic heterocycles. The fourth-order valence-electron chi connectivity index (χ4n) is 1.69. The van der Waals surface area contributed by atoms with Crippen molar-refractivity contribution < 1.29 is 23.8 Å². The van der Waals surface area contributed by atoms with Gasteiger partial charge in [0.05, 0.1) is 12.7 Å². The van der Waals surface area contributed by atoms with Crippen LogP contribution in [-0.4, -0.2) is 36.9 Å². The van der Waals surface area contributed by atoms with E-state index < -0.39 is 11.9 Å². The van der Waals surface area contributed by atoms with Crippen molar-refractivity contribution in [2.24, 2.45) is 0 Å². The van der Waals surface area contributed by atoms with Crippen molar-refractivity contribution in [3.63, 3.8) is 0 Å². The van der Waals surface area contributed by atoms with Crippen molar-refractivity contribution in [1.29, 1.82) is 0 Å². The fraction of sp³-hybridized carbons (Fsp3) is 0.818. The van der Waals surface area contributed by atoms with Crippen LogP contribution in [0, 0.1) is 0 Å². The molecular formula is C11H18O5. The van der Waals surface area contributed by atoms with Crippen LogP contribution < -0.4 is 0 Å². The van der Waals surface area contributed by atoms with E-state index in [4.69, 9.17) is 14.2 Å². The third-order valence-electron chi connectivity index (χ3n) is 2.29. The van der Waals surface area contributed by atoms with Crippen LogP contribution in [0.5, 0.6) is 0 Å². The summed E-state index contributed by atoms with van der Waals surface area (Å²) in [6, 6.07) is 0. The van der Waals surface area contributed by atoms with Gasteiger partial charge in [-0.25, -0.2) is 0 Å². The summed E-state index contributed by atoms with van der Waals surface area (Å²) in [5, 5.41) is 0. The van der Waals surface area contributed by atoms with Crippen LogP contribution in [0.4, 0.5) is 0 Å². The lowest BCUT2D eigenvalue weighted by Gasteiger charge is -2.16. The van der Waals surface area contributed by atoms with Gasteiger partial charge in [0.15, 0.2) is 12.1 Å². The minimum Gasteiger partial charge on any atom is -0.466 e. The second kappa shape index (κ2) is 5.41. The number of carbonyl (C=O) groups excluding carboxylic acids is 2. The molecule has 0 radical (unpaired) electrons. The van der Waals surface area contributed by atoms with E-state index in [9.17, 15) is 9.59 Å². The van der Waals surface area contributed by atoms with Crippen molar-refractivity contribution in [2.45, 2.75) is 51.6 Å². The first-order valence-electron chi connectivity index (χ1n) is 5.45. The summed E-state index contributed by atoms with van der Waals surface area (Å²) in [5.74, 6) is -1.04. The third-order valence-corrected chi connectivity index (χ3v) is 2.29. The molecule has 1 fully saturated rings. The lowest BCUT2D eigenvalue weighted by atomic mass is 10.1. The van der Waals surface area contributed by atoms with Crippen LogP contribution in [0.25, 0.3) is 0 Å². The Labute approximate surface area is 95.0 Å². The van der Waals surface area contributed by atoms with E-state index in [-0.39, 0.29) is 18.5 Å². The monoisotopic (exact) mass is 230 g/mol. The molecule has 92 valence electrons. The molecule has 0 aliphatic carbocycles. The predicted octanol–water partition coefficient (Wildman–Crippen LogP) is 1.05. The summed E-state index contributed by atoms with van der Waals surface area (Å²) in [5.41, 5.74) is 0. The maximum atomic E-state index is 11.1. The van der Waals surface area contributed by atoms with Gasteiger partial charge in [-0.15, -0.1) is 0 Å². The van der Waals surface area contributed by atoms with E-state index in [1.807, 2.05) is 0 Å². The first-order chi connectivity index (χ1) is 7.48. The molecule has 0 aromatic heterocycles.